The number of hydrogen-bond donors (Lipinski definition) is 1. The molecule has 0 fully saturated rings. The summed E-state index contributed by atoms with van der Waals surface area (Å²) in [6.07, 6.45) is 0.128. The molecular formula is C20H16BrN3O2. The second-order valence-electron chi connectivity index (χ2n) is 6.27. The van der Waals surface area contributed by atoms with Gasteiger partial charge in [0.25, 0.3) is 0 Å². The van der Waals surface area contributed by atoms with E-state index in [1.54, 1.807) is 16.8 Å². The van der Waals surface area contributed by atoms with Crippen molar-refractivity contribution in [2.45, 2.75) is 19.3 Å². The summed E-state index contributed by atoms with van der Waals surface area (Å²) < 4.78 is 2.60. The zero-order chi connectivity index (χ0) is 18.3. The van der Waals surface area contributed by atoms with Crippen LogP contribution in [0.2, 0.25) is 0 Å². The highest BCUT2D eigenvalue weighted by Gasteiger charge is 2.36. The predicted octanol–water partition coefficient (Wildman–Crippen LogP) is 4.25. The molecule has 1 amide bonds. The van der Waals surface area contributed by atoms with E-state index in [0.717, 1.165) is 21.4 Å². The maximum atomic E-state index is 13.1. The van der Waals surface area contributed by atoms with Crippen molar-refractivity contribution in [2.24, 2.45) is 0 Å². The van der Waals surface area contributed by atoms with Crippen LogP contribution < -0.4 is 5.32 Å². The lowest BCUT2D eigenvalue weighted by atomic mass is 9.85. The van der Waals surface area contributed by atoms with Crippen molar-refractivity contribution < 1.29 is 9.59 Å². The van der Waals surface area contributed by atoms with Gasteiger partial charge in [-0.25, -0.2) is 4.68 Å². The van der Waals surface area contributed by atoms with Crippen LogP contribution in [-0.4, -0.2) is 21.5 Å². The molecule has 4 rings (SSSR count). The Morgan fingerprint density at radius 1 is 1.15 bits per heavy atom. The number of nitrogens with zero attached hydrogens (tertiary/aromatic N) is 2. The molecule has 1 N–H and O–H groups in total. The van der Waals surface area contributed by atoms with Crippen molar-refractivity contribution in [3.8, 4) is 5.69 Å². The highest BCUT2D eigenvalue weighted by Crippen LogP contribution is 2.38. The molecule has 130 valence electrons. The average Bonchev–Trinajstić information content (AvgIpc) is 2.98. The number of Topliss-reactive ketones (excluding diaryl/α,β-unsaturated/α-hetero) is 1. The van der Waals surface area contributed by atoms with E-state index in [0.29, 0.717) is 11.4 Å². The van der Waals surface area contributed by atoms with Gasteiger partial charge in [-0.1, -0.05) is 46.3 Å². The molecule has 5 nitrogen and oxygen atoms in total. The van der Waals surface area contributed by atoms with Gasteiger partial charge in [0.05, 0.1) is 17.3 Å². The van der Waals surface area contributed by atoms with Crippen LogP contribution in [0.1, 0.15) is 34.0 Å². The number of nitrogens with one attached hydrogen (secondary N) is 1. The molecule has 26 heavy (non-hydrogen) atoms. The third kappa shape index (κ3) is 2.86. The minimum atomic E-state index is -0.530. The summed E-state index contributed by atoms with van der Waals surface area (Å²) in [6, 6.07) is 16.8. The summed E-state index contributed by atoms with van der Waals surface area (Å²) in [4.78, 5) is 25.4. The molecular weight excluding hydrogens is 394 g/mol. The van der Waals surface area contributed by atoms with Crippen molar-refractivity contribution in [1.82, 2.24) is 9.78 Å². The minimum Gasteiger partial charge on any atom is -0.310 e. The summed E-state index contributed by atoms with van der Waals surface area (Å²) in [5.41, 5.74) is 2.97. The molecule has 0 spiro atoms. The normalized spacial score (nSPS) is 16.1. The molecule has 1 aliphatic heterocycles. The second kappa shape index (κ2) is 6.53. The fourth-order valence-corrected chi connectivity index (χ4v) is 3.61. The Morgan fingerprint density at radius 2 is 1.85 bits per heavy atom. The van der Waals surface area contributed by atoms with Crippen LogP contribution in [0.25, 0.3) is 5.69 Å². The molecule has 1 atom stereocenters. The Hall–Kier alpha value is -2.73. The number of hydrogen-bond acceptors (Lipinski definition) is 3. The highest BCUT2D eigenvalue weighted by atomic mass is 79.9. The Kier molecular flexibility index (Phi) is 4.20. The number of aromatic nitrogens is 2. The Bertz CT molecular complexity index is 994. The van der Waals surface area contributed by atoms with Crippen LogP contribution in [0.5, 0.6) is 0 Å². The molecule has 3 aromatic rings. The average molecular weight is 410 g/mol. The maximum absolute atomic E-state index is 13.1. The number of anilines is 1. The molecule has 0 aliphatic carbocycles. The number of aryl methyl sites for hydroxylation is 1. The largest absolute Gasteiger partial charge is 0.310 e. The maximum Gasteiger partial charge on any atom is 0.226 e. The number of rotatable bonds is 3. The molecule has 2 heterocycles. The smallest absolute Gasteiger partial charge is 0.226 e. The summed E-state index contributed by atoms with van der Waals surface area (Å²) in [5, 5.41) is 7.47. The van der Waals surface area contributed by atoms with Crippen LogP contribution in [-0.2, 0) is 4.79 Å². The van der Waals surface area contributed by atoms with E-state index < -0.39 is 5.92 Å². The number of para-hydroxylation sites is 1. The molecule has 0 saturated heterocycles. The fraction of sp³-hybridized carbons (Fsp3) is 0.150. The van der Waals surface area contributed by atoms with E-state index in [2.05, 4.69) is 26.3 Å². The number of halogens is 1. The van der Waals surface area contributed by atoms with Crippen LogP contribution >= 0.6 is 15.9 Å². The lowest BCUT2D eigenvalue weighted by Crippen LogP contribution is -2.28. The number of fused-ring (bicyclic) bond motifs is 1. The quantitative estimate of drug-likeness (QED) is 0.657. The lowest BCUT2D eigenvalue weighted by Gasteiger charge is -2.23. The molecule has 0 unspecified atom stereocenters. The van der Waals surface area contributed by atoms with E-state index >= 15 is 0 Å². The van der Waals surface area contributed by atoms with Gasteiger partial charge in [-0.15, -0.1) is 0 Å². The van der Waals surface area contributed by atoms with Crippen LogP contribution in [0.4, 0.5) is 5.82 Å². The number of benzene rings is 2. The molecule has 0 radical (unpaired) electrons. The third-order valence-corrected chi connectivity index (χ3v) is 5.08. The molecule has 6 heteroatoms. The SMILES string of the molecule is Cc1nn(-c2ccccc2)c2c1[C@@H](C(=O)c1ccc(Br)cc1)CC(=O)N2. The number of ketones is 1. The third-order valence-electron chi connectivity index (χ3n) is 4.55. The Morgan fingerprint density at radius 3 is 2.54 bits per heavy atom. The summed E-state index contributed by atoms with van der Waals surface area (Å²) in [5.74, 6) is -0.188. The number of amides is 1. The molecule has 2 aromatic carbocycles. The van der Waals surface area contributed by atoms with Gasteiger partial charge in [0, 0.05) is 22.0 Å². The summed E-state index contributed by atoms with van der Waals surface area (Å²) in [7, 11) is 0. The fourth-order valence-electron chi connectivity index (χ4n) is 3.34. The van der Waals surface area contributed by atoms with Crippen LogP contribution in [0.15, 0.2) is 59.1 Å². The first-order chi connectivity index (χ1) is 12.5. The number of carbonyl (C=O) groups excluding carboxylic acids is 2. The Labute approximate surface area is 159 Å². The first-order valence-electron chi connectivity index (χ1n) is 8.29. The first-order valence-corrected chi connectivity index (χ1v) is 9.08. The molecule has 0 saturated carbocycles. The van der Waals surface area contributed by atoms with Gasteiger partial charge >= 0.3 is 0 Å². The summed E-state index contributed by atoms with van der Waals surface area (Å²) >= 11 is 3.38. The van der Waals surface area contributed by atoms with Gasteiger partial charge in [0.15, 0.2) is 5.78 Å². The molecule has 1 aromatic heterocycles. The van der Waals surface area contributed by atoms with E-state index in [9.17, 15) is 9.59 Å². The lowest BCUT2D eigenvalue weighted by molar-refractivity contribution is -0.116. The standard InChI is InChI=1S/C20H16BrN3O2/c1-12-18-16(19(26)13-7-9-14(21)10-8-13)11-17(25)22-20(18)24(23-12)15-5-3-2-4-6-15/h2-10,16H,11H2,1H3,(H,22,25)/t16-/m0/s1. The van der Waals surface area contributed by atoms with E-state index in [1.807, 2.05) is 49.4 Å². The van der Waals surface area contributed by atoms with Gasteiger partial charge in [-0.2, -0.15) is 5.10 Å². The minimum absolute atomic E-state index is 0.0655. The topological polar surface area (TPSA) is 64.0 Å². The van der Waals surface area contributed by atoms with Crippen molar-refractivity contribution in [3.05, 3.63) is 75.9 Å². The zero-order valence-electron chi connectivity index (χ0n) is 14.1. The van der Waals surface area contributed by atoms with Crippen LogP contribution in [0.3, 0.4) is 0 Å². The molecule has 1 aliphatic rings. The van der Waals surface area contributed by atoms with E-state index in [-0.39, 0.29) is 18.1 Å². The van der Waals surface area contributed by atoms with Crippen molar-refractivity contribution in [3.63, 3.8) is 0 Å². The second-order valence-corrected chi connectivity index (χ2v) is 7.19. The predicted molar refractivity (Wildman–Crippen MR) is 103 cm³/mol. The monoisotopic (exact) mass is 409 g/mol. The zero-order valence-corrected chi connectivity index (χ0v) is 15.7. The van der Waals surface area contributed by atoms with Crippen molar-refractivity contribution in [1.29, 1.82) is 0 Å². The van der Waals surface area contributed by atoms with E-state index in [1.165, 1.54) is 0 Å². The van der Waals surface area contributed by atoms with Gasteiger partial charge in [-0.3, -0.25) is 9.59 Å². The highest BCUT2D eigenvalue weighted by molar-refractivity contribution is 9.10. The van der Waals surface area contributed by atoms with Crippen LogP contribution in [0, 0.1) is 6.92 Å². The van der Waals surface area contributed by atoms with E-state index in [4.69, 9.17) is 0 Å². The van der Waals surface area contributed by atoms with Gasteiger partial charge in [0.1, 0.15) is 5.82 Å². The molecule has 0 bridgehead atoms. The van der Waals surface area contributed by atoms with Crippen molar-refractivity contribution >= 4 is 33.4 Å². The van der Waals surface area contributed by atoms with Crippen molar-refractivity contribution in [2.75, 3.05) is 5.32 Å². The number of carbonyl (C=O) groups is 2. The van der Waals surface area contributed by atoms with Gasteiger partial charge in [-0.05, 0) is 31.2 Å². The Balaban J connectivity index is 1.81. The van der Waals surface area contributed by atoms with Gasteiger partial charge in [0.2, 0.25) is 5.91 Å². The summed E-state index contributed by atoms with van der Waals surface area (Å²) in [6.45, 7) is 1.87. The first kappa shape index (κ1) is 16.7. The van der Waals surface area contributed by atoms with Gasteiger partial charge < -0.3 is 5.32 Å².